The summed E-state index contributed by atoms with van der Waals surface area (Å²) in [4.78, 5) is 0. The van der Waals surface area contributed by atoms with Crippen molar-refractivity contribution in [3.05, 3.63) is 30.0 Å². The van der Waals surface area contributed by atoms with E-state index < -0.39 is 9.05 Å². The highest BCUT2D eigenvalue weighted by Gasteiger charge is 2.06. The molecule has 0 saturated heterocycles. The van der Waals surface area contributed by atoms with Gasteiger partial charge in [0.25, 0.3) is 0 Å². The van der Waals surface area contributed by atoms with Gasteiger partial charge in [-0.2, -0.15) is 4.37 Å². The smallest absolute Gasteiger partial charge is 0.212 e. The lowest BCUT2D eigenvalue weighted by molar-refractivity contribution is 0.609. The van der Waals surface area contributed by atoms with Gasteiger partial charge in [-0.25, -0.2) is 8.42 Å². The number of rotatable bonds is 3. The molecule has 2 aromatic rings. The lowest BCUT2D eigenvalue weighted by atomic mass is 10.1. The quantitative estimate of drug-likeness (QED) is 0.797. The molecule has 1 aromatic heterocycles. The van der Waals surface area contributed by atoms with Crippen molar-refractivity contribution >= 4 is 41.4 Å². The molecule has 0 saturated carbocycles. The topological polar surface area (TPSA) is 47.0 Å². The van der Waals surface area contributed by atoms with E-state index in [2.05, 4.69) is 4.37 Å². The molecule has 0 aliphatic heterocycles. The Kier molecular flexibility index (Phi) is 2.95. The third-order valence-corrected chi connectivity index (χ3v) is 3.97. The zero-order valence-corrected chi connectivity index (χ0v) is 10.1. The van der Waals surface area contributed by atoms with Crippen molar-refractivity contribution in [3.63, 3.8) is 0 Å². The normalized spacial score (nSPS) is 12.1. The summed E-state index contributed by atoms with van der Waals surface area (Å²) in [5, 5.41) is 1.08. The Balaban J connectivity index is 2.21. The number of benzene rings is 1. The van der Waals surface area contributed by atoms with E-state index in [1.54, 1.807) is 6.20 Å². The molecule has 1 heterocycles. The minimum absolute atomic E-state index is 0.0289. The lowest BCUT2D eigenvalue weighted by Crippen LogP contribution is -2.00. The average Bonchev–Trinajstić information content (AvgIpc) is 2.60. The van der Waals surface area contributed by atoms with Crippen LogP contribution in [0.25, 0.3) is 10.1 Å². The summed E-state index contributed by atoms with van der Waals surface area (Å²) in [6.45, 7) is 0. The Morgan fingerprint density at radius 3 is 2.93 bits per heavy atom. The first-order chi connectivity index (χ1) is 7.04. The molecule has 6 heteroatoms. The van der Waals surface area contributed by atoms with Crippen LogP contribution in [0.1, 0.15) is 5.56 Å². The van der Waals surface area contributed by atoms with Crippen molar-refractivity contribution < 1.29 is 8.42 Å². The molecule has 0 aliphatic rings. The molecule has 2 rings (SSSR count). The van der Waals surface area contributed by atoms with Crippen molar-refractivity contribution in [2.75, 3.05) is 5.75 Å². The van der Waals surface area contributed by atoms with Crippen molar-refractivity contribution in [2.24, 2.45) is 0 Å². The predicted molar refractivity (Wildman–Crippen MR) is 63.0 cm³/mol. The van der Waals surface area contributed by atoms with E-state index in [1.807, 2.05) is 18.2 Å². The third kappa shape index (κ3) is 2.90. The van der Waals surface area contributed by atoms with E-state index in [-0.39, 0.29) is 5.75 Å². The van der Waals surface area contributed by atoms with Gasteiger partial charge in [-0.15, -0.1) is 0 Å². The first kappa shape index (κ1) is 10.9. The van der Waals surface area contributed by atoms with Gasteiger partial charge in [-0.05, 0) is 29.6 Å². The summed E-state index contributed by atoms with van der Waals surface area (Å²) >= 11 is 1.40. The maximum Gasteiger partial charge on any atom is 0.232 e. The van der Waals surface area contributed by atoms with E-state index in [0.29, 0.717) is 6.42 Å². The fourth-order valence-corrected chi connectivity index (χ4v) is 2.72. The summed E-state index contributed by atoms with van der Waals surface area (Å²) in [6, 6.07) is 5.79. The van der Waals surface area contributed by atoms with Gasteiger partial charge in [0.15, 0.2) is 0 Å². The van der Waals surface area contributed by atoms with Crippen LogP contribution in [0, 0.1) is 0 Å². The SMILES string of the molecule is O=S(=O)(Cl)CCc1ccc2cnsc2c1. The lowest BCUT2D eigenvalue weighted by Gasteiger charge is -1.98. The molecule has 3 nitrogen and oxygen atoms in total. The fraction of sp³-hybridized carbons (Fsp3) is 0.222. The number of halogens is 1. The number of fused-ring (bicyclic) bond motifs is 1. The van der Waals surface area contributed by atoms with Crippen LogP contribution in [-0.4, -0.2) is 18.5 Å². The maximum atomic E-state index is 10.8. The highest BCUT2D eigenvalue weighted by Crippen LogP contribution is 2.20. The fourth-order valence-electron chi connectivity index (χ4n) is 1.30. The number of aromatic nitrogens is 1. The molecule has 0 N–H and O–H groups in total. The van der Waals surface area contributed by atoms with Gasteiger partial charge in [0, 0.05) is 22.3 Å². The molecule has 0 amide bonds. The first-order valence-corrected chi connectivity index (χ1v) is 7.55. The van der Waals surface area contributed by atoms with Crippen LogP contribution in [0.3, 0.4) is 0 Å². The molecular weight excluding hydrogens is 254 g/mol. The van der Waals surface area contributed by atoms with Gasteiger partial charge >= 0.3 is 0 Å². The molecule has 0 unspecified atom stereocenters. The number of hydrogen-bond donors (Lipinski definition) is 0. The zero-order valence-electron chi connectivity index (χ0n) is 7.68. The average molecular weight is 262 g/mol. The Morgan fingerprint density at radius 2 is 2.20 bits per heavy atom. The van der Waals surface area contributed by atoms with Crippen molar-refractivity contribution in [1.82, 2.24) is 4.37 Å². The zero-order chi connectivity index (χ0) is 10.9. The number of aryl methyl sites for hydroxylation is 1. The molecule has 80 valence electrons. The van der Waals surface area contributed by atoms with Gasteiger partial charge in [-0.3, -0.25) is 0 Å². The second-order valence-electron chi connectivity index (χ2n) is 3.19. The Bertz CT molecular complexity index is 577. The van der Waals surface area contributed by atoms with Gasteiger partial charge < -0.3 is 0 Å². The highest BCUT2D eigenvalue weighted by atomic mass is 35.7. The van der Waals surface area contributed by atoms with Crippen molar-refractivity contribution in [2.45, 2.75) is 6.42 Å². The number of nitrogens with zero attached hydrogens (tertiary/aromatic N) is 1. The van der Waals surface area contributed by atoms with Crippen LogP contribution >= 0.6 is 22.2 Å². The highest BCUT2D eigenvalue weighted by molar-refractivity contribution is 8.13. The summed E-state index contributed by atoms with van der Waals surface area (Å²) in [7, 11) is 1.74. The van der Waals surface area contributed by atoms with Crippen LogP contribution in [0.4, 0.5) is 0 Å². The molecule has 15 heavy (non-hydrogen) atoms. The molecule has 0 atom stereocenters. The molecule has 0 radical (unpaired) electrons. The van der Waals surface area contributed by atoms with Crippen LogP contribution < -0.4 is 0 Å². The van der Waals surface area contributed by atoms with Crippen LogP contribution in [-0.2, 0) is 15.5 Å². The van der Waals surface area contributed by atoms with E-state index >= 15 is 0 Å². The van der Waals surface area contributed by atoms with Crippen LogP contribution in [0.15, 0.2) is 24.4 Å². The van der Waals surface area contributed by atoms with E-state index in [9.17, 15) is 8.42 Å². The Morgan fingerprint density at radius 1 is 1.40 bits per heavy atom. The monoisotopic (exact) mass is 261 g/mol. The summed E-state index contributed by atoms with van der Waals surface area (Å²) in [6.07, 6.45) is 2.24. The molecule has 1 aromatic carbocycles. The molecule has 0 fully saturated rings. The second kappa shape index (κ2) is 4.08. The Hall–Kier alpha value is -0.650. The maximum absolute atomic E-state index is 10.8. The van der Waals surface area contributed by atoms with Crippen molar-refractivity contribution in [1.29, 1.82) is 0 Å². The second-order valence-corrected chi connectivity index (χ2v) is 6.92. The largest absolute Gasteiger partial charge is 0.232 e. The van der Waals surface area contributed by atoms with E-state index in [0.717, 1.165) is 15.6 Å². The van der Waals surface area contributed by atoms with Crippen LogP contribution in [0.2, 0.25) is 0 Å². The minimum Gasteiger partial charge on any atom is -0.212 e. The number of hydrogen-bond acceptors (Lipinski definition) is 4. The van der Waals surface area contributed by atoms with Gasteiger partial charge in [-0.1, -0.05) is 12.1 Å². The van der Waals surface area contributed by atoms with Gasteiger partial charge in [0.05, 0.1) is 10.5 Å². The molecule has 0 aliphatic carbocycles. The van der Waals surface area contributed by atoms with E-state index in [1.165, 1.54) is 11.5 Å². The standard InChI is InChI=1S/C9H8ClNO2S2/c10-15(12,13)4-3-7-1-2-8-6-11-14-9(8)5-7/h1-2,5-6H,3-4H2. The summed E-state index contributed by atoms with van der Waals surface area (Å²) < 4.78 is 26.7. The predicted octanol–water partition coefficient (Wildman–Crippen LogP) is 2.41. The third-order valence-electron chi connectivity index (χ3n) is 2.06. The first-order valence-electron chi connectivity index (χ1n) is 4.30. The van der Waals surface area contributed by atoms with Gasteiger partial charge in [0.1, 0.15) is 0 Å². The van der Waals surface area contributed by atoms with Crippen LogP contribution in [0.5, 0.6) is 0 Å². The van der Waals surface area contributed by atoms with E-state index in [4.69, 9.17) is 10.7 Å². The summed E-state index contributed by atoms with van der Waals surface area (Å²) in [5.74, 6) is -0.0289. The Labute approximate surface area is 96.3 Å². The van der Waals surface area contributed by atoms with Crippen molar-refractivity contribution in [3.8, 4) is 0 Å². The molecule has 0 bridgehead atoms. The molecule has 0 spiro atoms. The van der Waals surface area contributed by atoms with Gasteiger partial charge in [0.2, 0.25) is 9.05 Å². The molecular formula is C9H8ClNO2S2. The summed E-state index contributed by atoms with van der Waals surface area (Å²) in [5.41, 5.74) is 0.968. The minimum atomic E-state index is -3.40.